The zero-order valence-electron chi connectivity index (χ0n) is 7.86. The van der Waals surface area contributed by atoms with E-state index in [-0.39, 0.29) is 6.42 Å². The number of carboxylic acids is 1. The third-order valence-electron chi connectivity index (χ3n) is 1.68. The van der Waals surface area contributed by atoms with Gasteiger partial charge in [-0.25, -0.2) is 0 Å². The second-order valence-corrected chi connectivity index (χ2v) is 3.29. The van der Waals surface area contributed by atoms with Gasteiger partial charge in [-0.1, -0.05) is 6.07 Å². The van der Waals surface area contributed by atoms with Gasteiger partial charge in [-0.2, -0.15) is 0 Å². The van der Waals surface area contributed by atoms with Gasteiger partial charge < -0.3 is 9.84 Å². The van der Waals surface area contributed by atoms with Crippen LogP contribution in [0, 0.1) is 0 Å². The van der Waals surface area contributed by atoms with Crippen molar-refractivity contribution in [3.05, 3.63) is 23.8 Å². The topological polar surface area (TPSA) is 46.5 Å². The first kappa shape index (κ1) is 10.9. The zero-order chi connectivity index (χ0) is 10.6. The van der Waals surface area contributed by atoms with Crippen molar-refractivity contribution in [2.45, 2.75) is 18.2 Å². The molecule has 0 fully saturated rings. The van der Waals surface area contributed by atoms with Crippen molar-refractivity contribution in [2.75, 3.05) is 6.61 Å². The van der Waals surface area contributed by atoms with Crippen molar-refractivity contribution in [1.82, 2.24) is 0 Å². The lowest BCUT2D eigenvalue weighted by Crippen LogP contribution is -2.01. The number of thiol groups is 1. The highest BCUT2D eigenvalue weighted by Gasteiger charge is 2.04. The minimum atomic E-state index is -0.848. The maximum Gasteiger partial charge on any atom is 0.307 e. The molecule has 0 atom stereocenters. The fourth-order valence-electron chi connectivity index (χ4n) is 1.11. The molecule has 14 heavy (non-hydrogen) atoms. The minimum Gasteiger partial charge on any atom is -0.493 e. The van der Waals surface area contributed by atoms with E-state index in [1.54, 1.807) is 18.2 Å². The van der Waals surface area contributed by atoms with Crippen LogP contribution < -0.4 is 4.74 Å². The van der Waals surface area contributed by atoms with Gasteiger partial charge in [0.15, 0.2) is 0 Å². The molecule has 0 aliphatic heterocycles. The first-order valence-corrected chi connectivity index (χ1v) is 4.74. The molecule has 0 unspecified atom stereocenters. The summed E-state index contributed by atoms with van der Waals surface area (Å²) in [6.45, 7) is 2.42. The fourth-order valence-corrected chi connectivity index (χ4v) is 1.32. The first-order chi connectivity index (χ1) is 6.63. The molecule has 1 aromatic carbocycles. The summed E-state index contributed by atoms with van der Waals surface area (Å²) in [5.74, 6) is -0.214. The molecule has 1 aromatic rings. The maximum absolute atomic E-state index is 10.5. The van der Waals surface area contributed by atoms with Gasteiger partial charge in [0.25, 0.3) is 0 Å². The van der Waals surface area contributed by atoms with Gasteiger partial charge in [-0.3, -0.25) is 4.79 Å². The molecule has 76 valence electrons. The molecule has 0 aliphatic rings. The third kappa shape index (κ3) is 2.96. The van der Waals surface area contributed by atoms with Crippen LogP contribution in [0.2, 0.25) is 0 Å². The smallest absolute Gasteiger partial charge is 0.307 e. The minimum absolute atomic E-state index is 0.00807. The maximum atomic E-state index is 10.5. The number of aliphatic carboxylic acids is 1. The molecule has 0 radical (unpaired) electrons. The lowest BCUT2D eigenvalue weighted by Gasteiger charge is -2.07. The number of carboxylic acid groups (broad SMARTS) is 1. The van der Waals surface area contributed by atoms with E-state index in [2.05, 4.69) is 12.6 Å². The van der Waals surface area contributed by atoms with Crippen molar-refractivity contribution in [3.63, 3.8) is 0 Å². The van der Waals surface area contributed by atoms with Crippen LogP contribution in [0.3, 0.4) is 0 Å². The van der Waals surface area contributed by atoms with Crippen LogP contribution in [0.1, 0.15) is 12.5 Å². The summed E-state index contributed by atoms with van der Waals surface area (Å²) < 4.78 is 5.29. The van der Waals surface area contributed by atoms with Gasteiger partial charge in [0.1, 0.15) is 5.75 Å². The molecule has 0 saturated carbocycles. The van der Waals surface area contributed by atoms with E-state index in [0.717, 1.165) is 10.5 Å². The third-order valence-corrected chi connectivity index (χ3v) is 2.05. The second kappa shape index (κ2) is 4.91. The van der Waals surface area contributed by atoms with E-state index in [1.165, 1.54) is 0 Å². The van der Waals surface area contributed by atoms with Crippen molar-refractivity contribution in [2.24, 2.45) is 0 Å². The largest absolute Gasteiger partial charge is 0.493 e. The van der Waals surface area contributed by atoms with E-state index in [0.29, 0.717) is 12.4 Å². The standard InChI is InChI=1S/C10H12O3S/c1-2-13-8-5-7(6-10(11)12)3-4-9(8)14/h3-5,14H,2,6H2,1H3,(H,11,12). The second-order valence-electron chi connectivity index (χ2n) is 2.81. The molecule has 1 N–H and O–H groups in total. The molecule has 3 nitrogen and oxygen atoms in total. The molecule has 0 spiro atoms. The zero-order valence-corrected chi connectivity index (χ0v) is 8.75. The van der Waals surface area contributed by atoms with Crippen molar-refractivity contribution in [1.29, 1.82) is 0 Å². The Morgan fingerprint density at radius 2 is 2.29 bits per heavy atom. The number of hydrogen-bond donors (Lipinski definition) is 2. The number of carbonyl (C=O) groups is 1. The summed E-state index contributed by atoms with van der Waals surface area (Å²) >= 11 is 4.20. The van der Waals surface area contributed by atoms with E-state index in [4.69, 9.17) is 9.84 Å². The Morgan fingerprint density at radius 1 is 1.57 bits per heavy atom. The van der Waals surface area contributed by atoms with E-state index >= 15 is 0 Å². The summed E-state index contributed by atoms with van der Waals surface area (Å²) in [6, 6.07) is 5.19. The average molecular weight is 212 g/mol. The van der Waals surface area contributed by atoms with Gasteiger partial charge in [0.05, 0.1) is 13.0 Å². The predicted molar refractivity (Wildman–Crippen MR) is 56.2 cm³/mol. The Labute approximate surface area is 88.1 Å². The summed E-state index contributed by atoms with van der Waals surface area (Å²) in [5.41, 5.74) is 0.721. The molecule has 0 aliphatic carbocycles. The molecule has 4 heteroatoms. The van der Waals surface area contributed by atoms with Crippen LogP contribution in [0.4, 0.5) is 0 Å². The quantitative estimate of drug-likeness (QED) is 0.750. The van der Waals surface area contributed by atoms with Crippen LogP contribution in [-0.2, 0) is 11.2 Å². The van der Waals surface area contributed by atoms with Crippen molar-refractivity contribution < 1.29 is 14.6 Å². The number of benzene rings is 1. The number of hydrogen-bond acceptors (Lipinski definition) is 3. The highest BCUT2D eigenvalue weighted by atomic mass is 32.1. The number of ether oxygens (including phenoxy) is 1. The van der Waals surface area contributed by atoms with Crippen LogP contribution in [0.15, 0.2) is 23.1 Å². The highest BCUT2D eigenvalue weighted by molar-refractivity contribution is 7.80. The average Bonchev–Trinajstić information content (AvgIpc) is 2.10. The Bertz CT molecular complexity index is 336. The van der Waals surface area contributed by atoms with Gasteiger partial charge in [-0.15, -0.1) is 12.6 Å². The highest BCUT2D eigenvalue weighted by Crippen LogP contribution is 2.24. The molecule has 0 amide bonds. The summed E-state index contributed by atoms with van der Waals surface area (Å²) in [6.07, 6.45) is 0.00807. The van der Waals surface area contributed by atoms with Gasteiger partial charge >= 0.3 is 5.97 Å². The summed E-state index contributed by atoms with van der Waals surface area (Å²) in [5, 5.41) is 8.60. The van der Waals surface area contributed by atoms with Gasteiger partial charge in [0, 0.05) is 4.90 Å². The first-order valence-electron chi connectivity index (χ1n) is 4.30. The monoisotopic (exact) mass is 212 g/mol. The van der Waals surface area contributed by atoms with Crippen molar-refractivity contribution in [3.8, 4) is 5.75 Å². The Kier molecular flexibility index (Phi) is 3.83. The molecule has 0 bridgehead atoms. The van der Waals surface area contributed by atoms with E-state index in [1.807, 2.05) is 6.92 Å². The van der Waals surface area contributed by atoms with Crippen LogP contribution in [0.5, 0.6) is 5.75 Å². The van der Waals surface area contributed by atoms with E-state index in [9.17, 15) is 4.79 Å². The van der Waals surface area contributed by atoms with Crippen LogP contribution >= 0.6 is 12.6 Å². The van der Waals surface area contributed by atoms with Gasteiger partial charge in [0.2, 0.25) is 0 Å². The predicted octanol–water partition coefficient (Wildman–Crippen LogP) is 2.00. The molecule has 0 heterocycles. The molecule has 1 rings (SSSR count). The van der Waals surface area contributed by atoms with Crippen LogP contribution in [0.25, 0.3) is 0 Å². The molecule has 0 aromatic heterocycles. The molecule has 0 saturated heterocycles. The van der Waals surface area contributed by atoms with Gasteiger partial charge in [-0.05, 0) is 24.6 Å². The molecular formula is C10H12O3S. The fraction of sp³-hybridized carbons (Fsp3) is 0.300. The Morgan fingerprint density at radius 3 is 2.86 bits per heavy atom. The van der Waals surface area contributed by atoms with Crippen LogP contribution in [-0.4, -0.2) is 17.7 Å². The SMILES string of the molecule is CCOc1cc(CC(=O)O)ccc1S. The Balaban J connectivity index is 2.88. The molecular weight excluding hydrogens is 200 g/mol. The number of rotatable bonds is 4. The summed E-state index contributed by atoms with van der Waals surface area (Å²) in [4.78, 5) is 11.2. The normalized spacial score (nSPS) is 9.86. The summed E-state index contributed by atoms with van der Waals surface area (Å²) in [7, 11) is 0. The van der Waals surface area contributed by atoms with Crippen molar-refractivity contribution >= 4 is 18.6 Å². The Hall–Kier alpha value is -1.16. The lowest BCUT2D eigenvalue weighted by molar-refractivity contribution is -0.136. The lowest BCUT2D eigenvalue weighted by atomic mass is 10.1. The van der Waals surface area contributed by atoms with E-state index < -0.39 is 5.97 Å².